The van der Waals surface area contributed by atoms with Crippen molar-refractivity contribution in [1.29, 1.82) is 0 Å². The van der Waals surface area contributed by atoms with Crippen LogP contribution in [0.1, 0.15) is 118 Å². The first-order valence-electron chi connectivity index (χ1n) is 16.2. The number of allylic oxidation sites excluding steroid dienone is 1. The van der Waals surface area contributed by atoms with Crippen LogP contribution in [0.5, 0.6) is 0 Å². The minimum absolute atomic E-state index is 0.00915. The van der Waals surface area contributed by atoms with Crippen LogP contribution in [0.4, 0.5) is 0 Å². The number of aliphatic carboxylic acids is 1. The maximum atomic E-state index is 12.6. The lowest BCUT2D eigenvalue weighted by Crippen LogP contribution is -2.79. The molecule has 1 aliphatic heterocycles. The maximum Gasteiger partial charge on any atom is 0.309 e. The molecule has 4 bridgehead atoms. The largest absolute Gasteiger partial charge is 0.481 e. The van der Waals surface area contributed by atoms with Crippen LogP contribution in [0.3, 0.4) is 0 Å². The molecule has 0 aromatic rings. The van der Waals surface area contributed by atoms with Gasteiger partial charge in [-0.2, -0.15) is 0 Å². The average molecular weight is 539 g/mol. The van der Waals surface area contributed by atoms with E-state index in [1.807, 2.05) is 6.92 Å². The minimum Gasteiger partial charge on any atom is -0.481 e. The van der Waals surface area contributed by atoms with Crippen molar-refractivity contribution in [2.24, 2.45) is 55.7 Å². The fraction of sp³-hybridized carbons (Fsp3) is 0.912. The Hall–Kier alpha value is -0.910. The zero-order chi connectivity index (χ0) is 27.5. The Morgan fingerprint density at radius 3 is 2.41 bits per heavy atom. The highest BCUT2D eigenvalue weighted by molar-refractivity contribution is 5.74. The van der Waals surface area contributed by atoms with E-state index in [-0.39, 0.29) is 44.3 Å². The minimum atomic E-state index is -1.23. The summed E-state index contributed by atoms with van der Waals surface area (Å²) in [5.41, 5.74) is -1.12. The van der Waals surface area contributed by atoms with E-state index in [2.05, 4.69) is 32.9 Å². The van der Waals surface area contributed by atoms with Crippen molar-refractivity contribution < 1.29 is 24.9 Å². The number of hydrogen-bond acceptors (Lipinski definition) is 4. The van der Waals surface area contributed by atoms with Crippen molar-refractivity contribution in [3.8, 4) is 0 Å². The van der Waals surface area contributed by atoms with E-state index in [1.54, 1.807) is 0 Å². The third-order valence-corrected chi connectivity index (χ3v) is 16.7. The summed E-state index contributed by atoms with van der Waals surface area (Å²) in [6, 6.07) is 0. The van der Waals surface area contributed by atoms with Crippen LogP contribution in [0.25, 0.3) is 0 Å². The molecule has 3 N–H and O–H groups in total. The summed E-state index contributed by atoms with van der Waals surface area (Å²) in [5, 5.41) is 34.5. The molecule has 7 aliphatic carbocycles. The van der Waals surface area contributed by atoms with Gasteiger partial charge >= 0.3 is 5.97 Å². The Balaban J connectivity index is 1.31. The van der Waals surface area contributed by atoms with Gasteiger partial charge in [0, 0.05) is 23.7 Å². The quantitative estimate of drug-likeness (QED) is 0.333. The number of ether oxygens (including phenoxy) is 1. The van der Waals surface area contributed by atoms with Gasteiger partial charge in [0.1, 0.15) is 0 Å². The molecule has 5 nitrogen and oxygen atoms in total. The van der Waals surface area contributed by atoms with Crippen LogP contribution in [-0.4, -0.2) is 39.3 Å². The zero-order valence-corrected chi connectivity index (χ0v) is 24.7. The van der Waals surface area contributed by atoms with E-state index in [4.69, 9.17) is 4.74 Å². The zero-order valence-electron chi connectivity index (χ0n) is 24.7. The third kappa shape index (κ3) is 2.47. The molecule has 1 heterocycles. The van der Waals surface area contributed by atoms with Gasteiger partial charge in [-0.3, -0.25) is 4.79 Å². The summed E-state index contributed by atoms with van der Waals surface area (Å²) in [7, 11) is 0. The average Bonchev–Trinajstić information content (AvgIpc) is 3.03. The Kier molecular flexibility index (Phi) is 4.62. The number of fused-ring (bicyclic) bond motifs is 2. The van der Waals surface area contributed by atoms with Crippen molar-refractivity contribution in [2.75, 3.05) is 6.61 Å². The molecule has 1 saturated heterocycles. The molecule has 8 rings (SSSR count). The van der Waals surface area contributed by atoms with Gasteiger partial charge in [0.05, 0.1) is 17.6 Å². The fourth-order valence-corrected chi connectivity index (χ4v) is 14.8. The summed E-state index contributed by atoms with van der Waals surface area (Å²) < 4.78 is 6.25. The Bertz CT molecular complexity index is 1180. The Morgan fingerprint density at radius 2 is 1.64 bits per heavy atom. The van der Waals surface area contributed by atoms with Crippen molar-refractivity contribution in [3.63, 3.8) is 0 Å². The van der Waals surface area contributed by atoms with Gasteiger partial charge in [0.2, 0.25) is 0 Å². The predicted octanol–water partition coefficient (Wildman–Crippen LogP) is 6.47. The fourth-order valence-electron chi connectivity index (χ4n) is 14.8. The predicted molar refractivity (Wildman–Crippen MR) is 147 cm³/mol. The van der Waals surface area contributed by atoms with E-state index < -0.39 is 22.8 Å². The second-order valence-corrected chi connectivity index (χ2v) is 17.2. The van der Waals surface area contributed by atoms with Crippen LogP contribution in [-0.2, 0) is 9.53 Å². The van der Waals surface area contributed by atoms with E-state index in [0.29, 0.717) is 18.9 Å². The highest BCUT2D eigenvalue weighted by Gasteiger charge is 2.84. The molecule has 7 fully saturated rings. The lowest BCUT2D eigenvalue weighted by atomic mass is 9.21. The Morgan fingerprint density at radius 1 is 0.897 bits per heavy atom. The lowest BCUT2D eigenvalue weighted by Gasteiger charge is -2.83. The molecule has 6 saturated carbocycles. The molecule has 39 heavy (non-hydrogen) atoms. The van der Waals surface area contributed by atoms with Crippen LogP contribution < -0.4 is 0 Å². The molecule has 5 heteroatoms. The Labute approximate surface area is 234 Å². The van der Waals surface area contributed by atoms with Crippen molar-refractivity contribution in [3.05, 3.63) is 12.2 Å². The van der Waals surface area contributed by atoms with Gasteiger partial charge in [-0.1, -0.05) is 39.3 Å². The highest BCUT2D eigenvalue weighted by Crippen LogP contribution is 2.88. The molecule has 12 unspecified atom stereocenters. The molecule has 216 valence electrons. The summed E-state index contributed by atoms with van der Waals surface area (Å²) in [6.07, 6.45) is 19.0. The number of hydrogen-bond donors (Lipinski definition) is 3. The lowest BCUT2D eigenvalue weighted by molar-refractivity contribution is -0.358. The highest BCUT2D eigenvalue weighted by atomic mass is 16.6. The van der Waals surface area contributed by atoms with E-state index in [9.17, 15) is 20.1 Å². The molecule has 12 atom stereocenters. The van der Waals surface area contributed by atoms with Gasteiger partial charge in [-0.15, -0.1) is 0 Å². The van der Waals surface area contributed by atoms with Crippen molar-refractivity contribution in [1.82, 2.24) is 0 Å². The van der Waals surface area contributed by atoms with E-state index in [1.165, 1.54) is 32.1 Å². The topological polar surface area (TPSA) is 87.0 Å². The van der Waals surface area contributed by atoms with Gasteiger partial charge in [-0.05, 0) is 117 Å². The SMILES string of the molecule is CC1C2(O)CC3(O)C=CCC45CCC67CCCC4(CCC1(CO2)C35)C6(C)CCC1(C)CCC(C)(C(=O)O)CC17. The van der Waals surface area contributed by atoms with Gasteiger partial charge < -0.3 is 20.1 Å². The number of carbonyl (C=O) groups is 1. The molecule has 0 aromatic carbocycles. The smallest absolute Gasteiger partial charge is 0.309 e. The third-order valence-electron chi connectivity index (χ3n) is 16.7. The van der Waals surface area contributed by atoms with E-state index in [0.717, 1.165) is 51.4 Å². The first kappa shape index (κ1) is 25.8. The van der Waals surface area contributed by atoms with Crippen LogP contribution in [0.15, 0.2) is 12.2 Å². The maximum absolute atomic E-state index is 12.6. The molecule has 3 spiro atoms. The van der Waals surface area contributed by atoms with Gasteiger partial charge in [0.25, 0.3) is 0 Å². The monoisotopic (exact) mass is 538 g/mol. The van der Waals surface area contributed by atoms with Crippen molar-refractivity contribution in [2.45, 2.75) is 129 Å². The molecule has 0 amide bonds. The summed E-state index contributed by atoms with van der Waals surface area (Å²) in [6.45, 7) is 9.97. The van der Waals surface area contributed by atoms with Crippen LogP contribution in [0, 0.1) is 55.7 Å². The van der Waals surface area contributed by atoms with Gasteiger partial charge in [-0.25, -0.2) is 0 Å². The molecule has 0 aromatic heterocycles. The first-order chi connectivity index (χ1) is 18.2. The molecular formula is C34H50O5. The number of carboxylic acid groups (broad SMARTS) is 1. The van der Waals surface area contributed by atoms with E-state index >= 15 is 0 Å². The summed E-state index contributed by atoms with van der Waals surface area (Å²) >= 11 is 0. The normalized spacial score (nSPS) is 64.3. The second kappa shape index (κ2) is 7.00. The molecular weight excluding hydrogens is 488 g/mol. The summed E-state index contributed by atoms with van der Waals surface area (Å²) in [5.74, 6) is -1.23. The molecule has 0 radical (unpaired) electrons. The number of carboxylic acids is 1. The van der Waals surface area contributed by atoms with Gasteiger partial charge in [0.15, 0.2) is 5.79 Å². The van der Waals surface area contributed by atoms with Crippen molar-refractivity contribution >= 4 is 5.97 Å². The first-order valence-corrected chi connectivity index (χ1v) is 16.2. The van der Waals surface area contributed by atoms with Crippen LogP contribution >= 0.6 is 0 Å². The summed E-state index contributed by atoms with van der Waals surface area (Å²) in [4.78, 5) is 12.6. The second-order valence-electron chi connectivity index (χ2n) is 17.2. The molecule has 8 aliphatic rings. The standard InChI is InChI=1S/C34H50O5/c1-22-29-15-18-33-10-6-7-30(23-19-27(3,25(35)36)12-11-26(23,2)13-14-28(30,33)4)16-17-31(33)8-5-9-32(37,24(29)31)20-34(22,38)39-21-29/h5,9,22-24,37-38H,6-8,10-21H2,1-4H3,(H,35,36). The number of aliphatic hydroxyl groups is 2. The van der Waals surface area contributed by atoms with Crippen LogP contribution in [0.2, 0.25) is 0 Å². The number of rotatable bonds is 1.